The first-order chi connectivity index (χ1) is 12.7. The summed E-state index contributed by atoms with van der Waals surface area (Å²) in [5.41, 5.74) is 2.93. The molecule has 0 saturated carbocycles. The summed E-state index contributed by atoms with van der Waals surface area (Å²) in [5.74, 6) is 0.755. The predicted octanol–water partition coefficient (Wildman–Crippen LogP) is 5.29. The number of hydrogen-bond acceptors (Lipinski definition) is 4. The Kier molecular flexibility index (Phi) is 6.07. The Morgan fingerprint density at radius 3 is 2.04 bits per heavy atom. The average Bonchev–Trinajstić information content (AvgIpc) is 2.56. The number of para-hydroxylation sites is 1. The molecule has 0 radical (unpaired) electrons. The molecule has 0 spiro atoms. The van der Waals surface area contributed by atoms with Crippen LogP contribution < -0.4 is 4.74 Å². The van der Waals surface area contributed by atoms with E-state index in [1.54, 1.807) is 31.5 Å². The van der Waals surface area contributed by atoms with E-state index in [2.05, 4.69) is 52.6 Å². The molecule has 1 N–H and O–H groups in total. The SMILES string of the molecule is COc1cc(C=Nc2ccccc2S(=O)(=O)O)c(C(C)(C)C)cc1C(C)(C)C. The second-order valence-corrected chi connectivity index (χ2v) is 10.2. The molecule has 0 unspecified atom stereocenters. The van der Waals surface area contributed by atoms with E-state index in [-0.39, 0.29) is 21.4 Å². The molecule has 2 aromatic carbocycles. The molecule has 0 aliphatic rings. The molecule has 0 aliphatic heterocycles. The largest absolute Gasteiger partial charge is 0.496 e. The van der Waals surface area contributed by atoms with E-state index in [0.717, 1.165) is 22.4 Å². The van der Waals surface area contributed by atoms with Crippen LogP contribution in [-0.2, 0) is 20.9 Å². The number of ether oxygens (including phenoxy) is 1. The monoisotopic (exact) mass is 403 g/mol. The van der Waals surface area contributed by atoms with Crippen LogP contribution in [0.2, 0.25) is 0 Å². The van der Waals surface area contributed by atoms with Crippen molar-refractivity contribution in [2.45, 2.75) is 57.3 Å². The molecule has 28 heavy (non-hydrogen) atoms. The van der Waals surface area contributed by atoms with Crippen LogP contribution in [0.4, 0.5) is 5.69 Å². The Morgan fingerprint density at radius 1 is 0.964 bits per heavy atom. The van der Waals surface area contributed by atoms with Crippen molar-refractivity contribution in [1.29, 1.82) is 0 Å². The summed E-state index contributed by atoms with van der Waals surface area (Å²) in [6, 6.07) is 10.2. The van der Waals surface area contributed by atoms with Gasteiger partial charge in [0.05, 0.1) is 12.8 Å². The summed E-state index contributed by atoms with van der Waals surface area (Å²) >= 11 is 0. The van der Waals surface area contributed by atoms with Crippen LogP contribution in [0.3, 0.4) is 0 Å². The molecule has 6 heteroatoms. The normalized spacial score (nSPS) is 13.1. The first-order valence-corrected chi connectivity index (χ1v) is 10.5. The summed E-state index contributed by atoms with van der Waals surface area (Å²) in [6.07, 6.45) is 1.62. The van der Waals surface area contributed by atoms with Gasteiger partial charge in [0, 0.05) is 11.8 Å². The molecule has 0 saturated heterocycles. The van der Waals surface area contributed by atoms with Crippen molar-refractivity contribution in [3.05, 3.63) is 53.1 Å². The highest BCUT2D eigenvalue weighted by Gasteiger charge is 2.25. The second-order valence-electron chi connectivity index (χ2n) is 8.84. The van der Waals surface area contributed by atoms with E-state index in [1.807, 2.05) is 6.07 Å². The van der Waals surface area contributed by atoms with Crippen molar-refractivity contribution < 1.29 is 17.7 Å². The van der Waals surface area contributed by atoms with Crippen molar-refractivity contribution in [2.75, 3.05) is 7.11 Å². The standard InChI is InChI=1S/C22H29NO4S/c1-21(2,3)16-13-17(22(4,5)6)19(27-7)12-15(16)14-23-18-10-8-9-11-20(18)28(24,25)26/h8-14H,1-7H3,(H,24,25,26). The third-order valence-electron chi connectivity index (χ3n) is 4.47. The first-order valence-electron chi connectivity index (χ1n) is 9.08. The van der Waals surface area contributed by atoms with Crippen LogP contribution in [-0.4, -0.2) is 26.3 Å². The van der Waals surface area contributed by atoms with Crippen LogP contribution in [0.5, 0.6) is 5.75 Å². The lowest BCUT2D eigenvalue weighted by atomic mass is 9.78. The van der Waals surface area contributed by atoms with Gasteiger partial charge in [-0.1, -0.05) is 59.7 Å². The van der Waals surface area contributed by atoms with Crippen LogP contribution in [0, 0.1) is 0 Å². The molecule has 0 heterocycles. The van der Waals surface area contributed by atoms with Gasteiger partial charge in [0.2, 0.25) is 0 Å². The molecule has 0 atom stereocenters. The average molecular weight is 404 g/mol. The van der Waals surface area contributed by atoms with Crippen molar-refractivity contribution >= 4 is 22.0 Å². The zero-order valence-corrected chi connectivity index (χ0v) is 18.4. The predicted molar refractivity (Wildman–Crippen MR) is 114 cm³/mol. The highest BCUT2D eigenvalue weighted by molar-refractivity contribution is 7.86. The quantitative estimate of drug-likeness (QED) is 0.556. The Bertz CT molecular complexity index is 994. The van der Waals surface area contributed by atoms with Crippen LogP contribution in [0.1, 0.15) is 58.2 Å². The highest BCUT2D eigenvalue weighted by atomic mass is 32.2. The third-order valence-corrected chi connectivity index (χ3v) is 5.37. The number of benzene rings is 2. The Labute approximate surface area is 168 Å². The Morgan fingerprint density at radius 2 is 1.54 bits per heavy atom. The van der Waals surface area contributed by atoms with Crippen molar-refractivity contribution in [1.82, 2.24) is 0 Å². The molecule has 0 fully saturated rings. The maximum absolute atomic E-state index is 11.6. The number of hydrogen-bond donors (Lipinski definition) is 1. The summed E-state index contributed by atoms with van der Waals surface area (Å²) < 4.78 is 38.3. The maximum Gasteiger partial charge on any atom is 0.296 e. The van der Waals surface area contributed by atoms with Crippen LogP contribution in [0.25, 0.3) is 0 Å². The second kappa shape index (κ2) is 7.68. The first kappa shape index (κ1) is 22.1. The van der Waals surface area contributed by atoms with E-state index < -0.39 is 10.1 Å². The summed E-state index contributed by atoms with van der Waals surface area (Å²) in [7, 11) is -2.72. The zero-order valence-electron chi connectivity index (χ0n) is 17.6. The van der Waals surface area contributed by atoms with E-state index >= 15 is 0 Å². The minimum absolute atomic E-state index is 0.0986. The number of methoxy groups -OCH3 is 1. The molecular formula is C22H29NO4S. The van der Waals surface area contributed by atoms with E-state index in [0.29, 0.717) is 0 Å². The molecule has 152 valence electrons. The van der Waals surface area contributed by atoms with Gasteiger partial charge in [0.15, 0.2) is 0 Å². The lowest BCUT2D eigenvalue weighted by Crippen LogP contribution is -2.19. The van der Waals surface area contributed by atoms with E-state index in [4.69, 9.17) is 4.74 Å². The lowest BCUT2D eigenvalue weighted by Gasteiger charge is -2.28. The Balaban J connectivity index is 2.68. The fraction of sp³-hybridized carbons (Fsp3) is 0.409. The minimum atomic E-state index is -4.35. The van der Waals surface area contributed by atoms with Crippen molar-refractivity contribution in [3.63, 3.8) is 0 Å². The van der Waals surface area contributed by atoms with E-state index in [1.165, 1.54) is 6.07 Å². The number of rotatable bonds is 4. The number of nitrogens with zero attached hydrogens (tertiary/aromatic N) is 1. The van der Waals surface area contributed by atoms with Crippen molar-refractivity contribution in [2.24, 2.45) is 4.99 Å². The topological polar surface area (TPSA) is 76.0 Å². The van der Waals surface area contributed by atoms with Gasteiger partial charge in [-0.05, 0) is 40.2 Å². The molecule has 2 rings (SSSR count). The van der Waals surface area contributed by atoms with Crippen molar-refractivity contribution in [3.8, 4) is 5.75 Å². The van der Waals surface area contributed by atoms with Gasteiger partial charge in [-0.15, -0.1) is 0 Å². The van der Waals surface area contributed by atoms with E-state index in [9.17, 15) is 13.0 Å². The van der Waals surface area contributed by atoms with Gasteiger partial charge in [-0.2, -0.15) is 8.42 Å². The summed E-state index contributed by atoms with van der Waals surface area (Å²) in [4.78, 5) is 4.14. The number of aliphatic imine (C=N–C) groups is 1. The van der Waals surface area contributed by atoms with Gasteiger partial charge < -0.3 is 4.74 Å². The van der Waals surface area contributed by atoms with Crippen LogP contribution in [0.15, 0.2) is 46.3 Å². The molecule has 2 aromatic rings. The molecule has 0 aliphatic carbocycles. The molecule has 5 nitrogen and oxygen atoms in total. The lowest BCUT2D eigenvalue weighted by molar-refractivity contribution is 0.396. The summed E-state index contributed by atoms with van der Waals surface area (Å²) in [6.45, 7) is 12.7. The Hall–Kier alpha value is -2.18. The summed E-state index contributed by atoms with van der Waals surface area (Å²) in [5, 5.41) is 0. The third kappa shape index (κ3) is 5.00. The molecular weight excluding hydrogens is 374 g/mol. The fourth-order valence-corrected chi connectivity index (χ4v) is 3.66. The minimum Gasteiger partial charge on any atom is -0.496 e. The smallest absolute Gasteiger partial charge is 0.296 e. The van der Waals surface area contributed by atoms with Gasteiger partial charge >= 0.3 is 0 Å². The van der Waals surface area contributed by atoms with Gasteiger partial charge in [-0.3, -0.25) is 9.55 Å². The molecule has 0 bridgehead atoms. The molecule has 0 amide bonds. The highest BCUT2D eigenvalue weighted by Crippen LogP contribution is 2.37. The fourth-order valence-electron chi connectivity index (χ4n) is 3.03. The van der Waals surface area contributed by atoms with Gasteiger partial charge in [0.1, 0.15) is 10.6 Å². The van der Waals surface area contributed by atoms with Gasteiger partial charge in [-0.25, -0.2) is 0 Å². The van der Waals surface area contributed by atoms with Crippen LogP contribution >= 0.6 is 0 Å². The maximum atomic E-state index is 11.6. The molecule has 0 aromatic heterocycles. The van der Waals surface area contributed by atoms with Gasteiger partial charge in [0.25, 0.3) is 10.1 Å². The zero-order chi connectivity index (χ0) is 21.3.